The van der Waals surface area contributed by atoms with Crippen LogP contribution in [0.3, 0.4) is 0 Å². The highest BCUT2D eigenvalue weighted by Gasteiger charge is 2.21. The van der Waals surface area contributed by atoms with E-state index in [-0.39, 0.29) is 6.04 Å². The van der Waals surface area contributed by atoms with Crippen LogP contribution >= 0.6 is 38.9 Å². The Morgan fingerprint density at radius 3 is 2.81 bits per heavy atom. The Morgan fingerprint density at radius 1 is 1.48 bits per heavy atom. The van der Waals surface area contributed by atoms with Gasteiger partial charge in [0.05, 0.1) is 16.4 Å². The molecule has 0 saturated carbocycles. The van der Waals surface area contributed by atoms with Crippen LogP contribution in [0.15, 0.2) is 15.9 Å². The second-order valence-corrected chi connectivity index (χ2v) is 7.19. The van der Waals surface area contributed by atoms with Crippen molar-refractivity contribution in [3.05, 3.63) is 37.2 Å². The van der Waals surface area contributed by atoms with Crippen molar-refractivity contribution < 1.29 is 0 Å². The van der Waals surface area contributed by atoms with Gasteiger partial charge in [0, 0.05) is 28.4 Å². The number of halogens is 2. The molecule has 1 atom stereocenters. The second-order valence-electron chi connectivity index (χ2n) is 5.01. The van der Waals surface area contributed by atoms with Gasteiger partial charge in [0.15, 0.2) is 0 Å². The van der Waals surface area contributed by atoms with Crippen molar-refractivity contribution in [2.75, 3.05) is 6.54 Å². The lowest BCUT2D eigenvalue weighted by Gasteiger charge is -2.19. The molecule has 0 aromatic carbocycles. The molecule has 0 fully saturated rings. The fourth-order valence-corrected chi connectivity index (χ4v) is 4.33. The lowest BCUT2D eigenvalue weighted by Crippen LogP contribution is -2.24. The fraction of sp³-hybridized carbons (Fsp3) is 0.533. The summed E-state index contributed by atoms with van der Waals surface area (Å²) < 4.78 is 3.18. The average Bonchev–Trinajstić information content (AvgIpc) is 3.01. The molecule has 1 N–H and O–H groups in total. The summed E-state index contributed by atoms with van der Waals surface area (Å²) in [5.41, 5.74) is 2.03. The zero-order valence-corrected chi connectivity index (χ0v) is 15.8. The van der Waals surface area contributed by atoms with Crippen molar-refractivity contribution in [3.8, 4) is 0 Å². The summed E-state index contributed by atoms with van der Waals surface area (Å²) in [4.78, 5) is 1.32. The lowest BCUT2D eigenvalue weighted by atomic mass is 10.1. The van der Waals surface area contributed by atoms with E-state index >= 15 is 0 Å². The number of hydrogen-bond acceptors (Lipinski definition) is 3. The van der Waals surface area contributed by atoms with Crippen LogP contribution in [0.4, 0.5) is 0 Å². The third kappa shape index (κ3) is 3.89. The molecule has 0 aliphatic carbocycles. The van der Waals surface area contributed by atoms with Gasteiger partial charge >= 0.3 is 0 Å². The van der Waals surface area contributed by atoms with Gasteiger partial charge in [0.25, 0.3) is 0 Å². The second kappa shape index (κ2) is 7.77. The SMILES string of the molecule is CCCNC(Cc1c(Cl)c(C)nn1CC)c1sccc1Br. The quantitative estimate of drug-likeness (QED) is 0.723. The number of aromatic nitrogens is 2. The van der Waals surface area contributed by atoms with E-state index in [1.54, 1.807) is 11.3 Å². The van der Waals surface area contributed by atoms with Crippen LogP contribution in [0.2, 0.25) is 5.02 Å². The first kappa shape index (κ1) is 17.0. The zero-order valence-electron chi connectivity index (χ0n) is 12.6. The smallest absolute Gasteiger partial charge is 0.0847 e. The third-order valence-electron chi connectivity index (χ3n) is 3.45. The van der Waals surface area contributed by atoms with Crippen molar-refractivity contribution in [1.82, 2.24) is 15.1 Å². The lowest BCUT2D eigenvalue weighted by molar-refractivity contribution is 0.507. The number of rotatable bonds is 7. The Hall–Kier alpha value is -0.360. The van der Waals surface area contributed by atoms with Crippen LogP contribution in [-0.4, -0.2) is 16.3 Å². The van der Waals surface area contributed by atoms with Crippen LogP contribution in [-0.2, 0) is 13.0 Å². The van der Waals surface area contributed by atoms with Gasteiger partial charge in [0.1, 0.15) is 0 Å². The van der Waals surface area contributed by atoms with Gasteiger partial charge in [-0.1, -0.05) is 18.5 Å². The molecular formula is C15H21BrClN3S. The summed E-state index contributed by atoms with van der Waals surface area (Å²) in [5, 5.41) is 11.1. The molecule has 116 valence electrons. The first-order valence-electron chi connectivity index (χ1n) is 7.26. The molecular weight excluding hydrogens is 370 g/mol. The van der Waals surface area contributed by atoms with E-state index in [4.69, 9.17) is 11.6 Å². The van der Waals surface area contributed by atoms with E-state index < -0.39 is 0 Å². The number of nitrogens with one attached hydrogen (secondary N) is 1. The highest BCUT2D eigenvalue weighted by Crippen LogP contribution is 2.33. The van der Waals surface area contributed by atoms with Crippen molar-refractivity contribution in [3.63, 3.8) is 0 Å². The largest absolute Gasteiger partial charge is 0.309 e. The van der Waals surface area contributed by atoms with Gasteiger partial charge in [-0.3, -0.25) is 4.68 Å². The first-order chi connectivity index (χ1) is 10.1. The molecule has 0 amide bonds. The third-order valence-corrected chi connectivity index (χ3v) is 5.93. The van der Waals surface area contributed by atoms with Crippen LogP contribution in [0.5, 0.6) is 0 Å². The monoisotopic (exact) mass is 389 g/mol. The topological polar surface area (TPSA) is 29.9 Å². The van der Waals surface area contributed by atoms with Crippen molar-refractivity contribution in [1.29, 1.82) is 0 Å². The summed E-state index contributed by atoms with van der Waals surface area (Å²) in [6.07, 6.45) is 1.96. The molecule has 2 heterocycles. The minimum Gasteiger partial charge on any atom is -0.309 e. The van der Waals surface area contributed by atoms with Gasteiger partial charge in [-0.2, -0.15) is 5.10 Å². The number of aryl methyl sites for hydroxylation is 2. The van der Waals surface area contributed by atoms with Crippen LogP contribution in [0.1, 0.15) is 42.6 Å². The Labute approximate surface area is 143 Å². The summed E-state index contributed by atoms with van der Waals surface area (Å²) in [5.74, 6) is 0. The molecule has 0 saturated heterocycles. The zero-order chi connectivity index (χ0) is 15.4. The standard InChI is InChI=1S/C15H21BrClN3S/c1-4-7-18-12(15-11(16)6-8-21-15)9-13-14(17)10(3)19-20(13)5-2/h6,8,12,18H,4-5,7,9H2,1-3H3. The molecule has 21 heavy (non-hydrogen) atoms. The maximum Gasteiger partial charge on any atom is 0.0847 e. The van der Waals surface area contributed by atoms with E-state index in [0.717, 1.165) is 46.8 Å². The maximum absolute atomic E-state index is 6.45. The predicted octanol–water partition coefficient (Wildman–Crippen LogP) is 4.97. The van der Waals surface area contributed by atoms with Gasteiger partial charge in [-0.15, -0.1) is 11.3 Å². The Kier molecular flexibility index (Phi) is 6.29. The highest BCUT2D eigenvalue weighted by molar-refractivity contribution is 9.10. The van der Waals surface area contributed by atoms with Crippen molar-refractivity contribution in [2.24, 2.45) is 0 Å². The van der Waals surface area contributed by atoms with Crippen molar-refractivity contribution in [2.45, 2.75) is 46.2 Å². The van der Waals surface area contributed by atoms with Crippen LogP contribution in [0, 0.1) is 6.92 Å². The summed E-state index contributed by atoms with van der Waals surface area (Å²) >= 11 is 11.9. The molecule has 0 bridgehead atoms. The summed E-state index contributed by atoms with van der Waals surface area (Å²) in [6.45, 7) is 8.08. The van der Waals surface area contributed by atoms with Crippen LogP contribution in [0.25, 0.3) is 0 Å². The van der Waals surface area contributed by atoms with E-state index in [1.807, 2.05) is 11.6 Å². The van der Waals surface area contributed by atoms with Gasteiger partial charge in [0.2, 0.25) is 0 Å². The molecule has 6 heteroatoms. The van der Waals surface area contributed by atoms with E-state index in [2.05, 4.69) is 51.6 Å². The molecule has 1 unspecified atom stereocenters. The maximum atomic E-state index is 6.45. The molecule has 2 rings (SSSR count). The average molecular weight is 391 g/mol. The van der Waals surface area contributed by atoms with Gasteiger partial charge < -0.3 is 5.32 Å². The first-order valence-corrected chi connectivity index (χ1v) is 9.31. The summed E-state index contributed by atoms with van der Waals surface area (Å²) in [6, 6.07) is 2.36. The van der Waals surface area contributed by atoms with Crippen LogP contribution < -0.4 is 5.32 Å². The van der Waals surface area contributed by atoms with E-state index in [1.165, 1.54) is 4.88 Å². The van der Waals surface area contributed by atoms with Gasteiger partial charge in [-0.25, -0.2) is 0 Å². The normalized spacial score (nSPS) is 12.8. The molecule has 0 aliphatic rings. The van der Waals surface area contributed by atoms with E-state index in [0.29, 0.717) is 0 Å². The number of nitrogens with zero attached hydrogens (tertiary/aromatic N) is 2. The minimum absolute atomic E-state index is 0.262. The Bertz CT molecular complexity index is 594. The molecule has 0 aliphatic heterocycles. The van der Waals surface area contributed by atoms with Gasteiger partial charge in [-0.05, 0) is 54.2 Å². The molecule has 0 spiro atoms. The minimum atomic E-state index is 0.262. The van der Waals surface area contributed by atoms with Crippen molar-refractivity contribution >= 4 is 38.9 Å². The Balaban J connectivity index is 2.29. The molecule has 3 nitrogen and oxygen atoms in total. The predicted molar refractivity (Wildman–Crippen MR) is 94.4 cm³/mol. The molecule has 2 aromatic rings. The fourth-order valence-electron chi connectivity index (χ4n) is 2.39. The molecule has 2 aromatic heterocycles. The Morgan fingerprint density at radius 2 is 2.24 bits per heavy atom. The molecule has 0 radical (unpaired) electrons. The van der Waals surface area contributed by atoms with E-state index in [9.17, 15) is 0 Å². The highest BCUT2D eigenvalue weighted by atomic mass is 79.9. The number of thiophene rings is 1. The summed E-state index contributed by atoms with van der Waals surface area (Å²) in [7, 11) is 0. The number of hydrogen-bond donors (Lipinski definition) is 1.